The van der Waals surface area contributed by atoms with E-state index in [9.17, 15) is 56.2 Å². The Bertz CT molecular complexity index is 669. The third kappa shape index (κ3) is 5.63. The van der Waals surface area contributed by atoms with E-state index in [0.29, 0.717) is 0 Å². The van der Waals surface area contributed by atoms with Crippen molar-refractivity contribution >= 4 is 0 Å². The number of rotatable bonds is 7. The summed E-state index contributed by atoms with van der Waals surface area (Å²) < 4.78 is 26.5. The Labute approximate surface area is 199 Å². The number of aliphatic hydroxyl groups excluding tert-OH is 11. The molecular weight excluding hydrogens is 484 g/mol. The molecule has 0 amide bonds. The molecule has 16 atom stereocenters. The molecule has 0 aromatic rings. The standard InChI is InChI=1S/C19H34O16/c1-31-16-12(27)10(25)11(26)13(28)17(16)35-19-15(30)9(24)7(22)5(34-19)3-32-18-14(29)8(23)6(21)4(2-20)33-18/h4-30H,2-3H2,1H3. The highest BCUT2D eigenvalue weighted by molar-refractivity contribution is 5.01. The van der Waals surface area contributed by atoms with Gasteiger partial charge in [-0.3, -0.25) is 0 Å². The average molecular weight is 518 g/mol. The molecule has 3 fully saturated rings. The molecule has 0 bridgehead atoms. The van der Waals surface area contributed by atoms with Gasteiger partial charge in [0.2, 0.25) is 0 Å². The van der Waals surface area contributed by atoms with Gasteiger partial charge in [0.15, 0.2) is 12.6 Å². The molecule has 0 aromatic heterocycles. The Balaban J connectivity index is 1.69. The highest BCUT2D eigenvalue weighted by atomic mass is 16.7. The van der Waals surface area contributed by atoms with Crippen molar-refractivity contribution in [1.29, 1.82) is 0 Å². The van der Waals surface area contributed by atoms with Gasteiger partial charge in [0.05, 0.1) is 13.2 Å². The van der Waals surface area contributed by atoms with Gasteiger partial charge < -0.3 is 79.9 Å². The predicted octanol–water partition coefficient (Wildman–Crippen LogP) is -7.53. The summed E-state index contributed by atoms with van der Waals surface area (Å²) in [5.41, 5.74) is 0. The molecule has 0 radical (unpaired) electrons. The van der Waals surface area contributed by atoms with E-state index in [1.807, 2.05) is 0 Å². The number of methoxy groups -OCH3 is 1. The molecule has 2 saturated heterocycles. The summed E-state index contributed by atoms with van der Waals surface area (Å²) >= 11 is 0. The zero-order chi connectivity index (χ0) is 26.2. The third-order valence-electron chi connectivity index (χ3n) is 6.55. The lowest BCUT2D eigenvalue weighted by atomic mass is 9.84. The van der Waals surface area contributed by atoms with E-state index in [-0.39, 0.29) is 0 Å². The minimum Gasteiger partial charge on any atom is -0.394 e. The van der Waals surface area contributed by atoms with Gasteiger partial charge in [-0.05, 0) is 0 Å². The summed E-state index contributed by atoms with van der Waals surface area (Å²) in [7, 11) is 1.13. The van der Waals surface area contributed by atoms with Crippen LogP contribution in [-0.2, 0) is 23.7 Å². The van der Waals surface area contributed by atoms with Crippen LogP contribution in [0.25, 0.3) is 0 Å². The van der Waals surface area contributed by atoms with Crippen molar-refractivity contribution in [2.75, 3.05) is 20.3 Å². The van der Waals surface area contributed by atoms with Crippen LogP contribution < -0.4 is 0 Å². The number of hydrogen-bond donors (Lipinski definition) is 11. The lowest BCUT2D eigenvalue weighted by Gasteiger charge is -2.47. The molecule has 3 aliphatic rings. The Morgan fingerprint density at radius 1 is 0.543 bits per heavy atom. The SMILES string of the molecule is COC1C(O)C(O)C(O)C(O)C1OC1OC(COC2OC(CO)C(O)C(O)C2O)C(O)C(O)C1O. The summed E-state index contributed by atoms with van der Waals surface area (Å²) in [5, 5.41) is 110. The lowest BCUT2D eigenvalue weighted by Crippen LogP contribution is -2.67. The Morgan fingerprint density at radius 2 is 1.00 bits per heavy atom. The fourth-order valence-electron chi connectivity index (χ4n) is 4.33. The largest absolute Gasteiger partial charge is 0.394 e. The first-order valence-electron chi connectivity index (χ1n) is 11.0. The van der Waals surface area contributed by atoms with Gasteiger partial charge >= 0.3 is 0 Å². The Kier molecular flexibility index (Phi) is 9.77. The van der Waals surface area contributed by atoms with E-state index in [1.165, 1.54) is 0 Å². The molecule has 0 spiro atoms. The van der Waals surface area contributed by atoms with Crippen molar-refractivity contribution in [2.45, 2.75) is 98.0 Å². The highest BCUT2D eigenvalue weighted by Crippen LogP contribution is 2.31. The second-order valence-electron chi connectivity index (χ2n) is 8.81. The van der Waals surface area contributed by atoms with E-state index >= 15 is 0 Å². The molecule has 1 aliphatic carbocycles. The zero-order valence-corrected chi connectivity index (χ0v) is 18.6. The number of ether oxygens (including phenoxy) is 5. The maximum Gasteiger partial charge on any atom is 0.187 e. The molecule has 2 heterocycles. The topological polar surface area (TPSA) is 269 Å². The van der Waals surface area contributed by atoms with Crippen LogP contribution in [0.3, 0.4) is 0 Å². The number of hydrogen-bond acceptors (Lipinski definition) is 16. The smallest absolute Gasteiger partial charge is 0.187 e. The monoisotopic (exact) mass is 518 g/mol. The van der Waals surface area contributed by atoms with Crippen molar-refractivity contribution in [3.05, 3.63) is 0 Å². The molecule has 16 unspecified atom stereocenters. The summed E-state index contributed by atoms with van der Waals surface area (Å²) in [5.74, 6) is 0. The lowest BCUT2D eigenvalue weighted by molar-refractivity contribution is -0.352. The van der Waals surface area contributed by atoms with Crippen molar-refractivity contribution in [2.24, 2.45) is 0 Å². The summed E-state index contributed by atoms with van der Waals surface area (Å²) in [6.07, 6.45) is -26.6. The summed E-state index contributed by atoms with van der Waals surface area (Å²) in [6.45, 7) is -1.32. The van der Waals surface area contributed by atoms with Crippen molar-refractivity contribution < 1.29 is 79.9 Å². The normalized spacial score (nSPS) is 53.5. The van der Waals surface area contributed by atoms with Crippen LogP contribution in [0.15, 0.2) is 0 Å². The maximum atomic E-state index is 10.3. The fourth-order valence-corrected chi connectivity index (χ4v) is 4.33. The van der Waals surface area contributed by atoms with Crippen LogP contribution in [0.1, 0.15) is 0 Å². The molecule has 16 nitrogen and oxygen atoms in total. The van der Waals surface area contributed by atoms with Crippen LogP contribution in [0.5, 0.6) is 0 Å². The molecule has 0 aromatic carbocycles. The van der Waals surface area contributed by atoms with E-state index in [2.05, 4.69) is 0 Å². The van der Waals surface area contributed by atoms with E-state index in [4.69, 9.17) is 23.7 Å². The Morgan fingerprint density at radius 3 is 1.54 bits per heavy atom. The van der Waals surface area contributed by atoms with Gasteiger partial charge in [0.25, 0.3) is 0 Å². The van der Waals surface area contributed by atoms with Crippen molar-refractivity contribution in [1.82, 2.24) is 0 Å². The van der Waals surface area contributed by atoms with Crippen LogP contribution in [0.4, 0.5) is 0 Å². The third-order valence-corrected chi connectivity index (χ3v) is 6.55. The van der Waals surface area contributed by atoms with Crippen LogP contribution in [0.2, 0.25) is 0 Å². The second kappa shape index (κ2) is 11.8. The first kappa shape index (κ1) is 28.9. The van der Waals surface area contributed by atoms with Gasteiger partial charge in [-0.2, -0.15) is 0 Å². The molecule has 16 heteroatoms. The summed E-state index contributed by atoms with van der Waals surface area (Å²) in [4.78, 5) is 0. The Hall–Kier alpha value is -0.640. The average Bonchev–Trinajstić information content (AvgIpc) is 2.85. The second-order valence-corrected chi connectivity index (χ2v) is 8.81. The molecular formula is C19H34O16. The van der Waals surface area contributed by atoms with Crippen LogP contribution in [0, 0.1) is 0 Å². The number of aliphatic hydroxyl groups is 11. The van der Waals surface area contributed by atoms with E-state index in [0.717, 1.165) is 7.11 Å². The first-order valence-corrected chi connectivity index (χ1v) is 11.0. The van der Waals surface area contributed by atoms with Gasteiger partial charge in [-0.1, -0.05) is 0 Å². The minimum atomic E-state index is -1.88. The van der Waals surface area contributed by atoms with E-state index in [1.54, 1.807) is 0 Å². The van der Waals surface area contributed by atoms with Gasteiger partial charge in [0, 0.05) is 7.11 Å². The van der Waals surface area contributed by atoms with Gasteiger partial charge in [-0.15, -0.1) is 0 Å². The van der Waals surface area contributed by atoms with E-state index < -0.39 is 111 Å². The summed E-state index contributed by atoms with van der Waals surface area (Å²) in [6, 6.07) is 0. The van der Waals surface area contributed by atoms with Crippen molar-refractivity contribution in [3.8, 4) is 0 Å². The van der Waals surface area contributed by atoms with Crippen molar-refractivity contribution in [3.63, 3.8) is 0 Å². The maximum absolute atomic E-state index is 10.3. The van der Waals surface area contributed by atoms with Gasteiger partial charge in [0.1, 0.15) is 85.5 Å². The van der Waals surface area contributed by atoms with Gasteiger partial charge in [-0.25, -0.2) is 0 Å². The molecule has 35 heavy (non-hydrogen) atoms. The first-order chi connectivity index (χ1) is 16.4. The molecule has 3 rings (SSSR count). The zero-order valence-electron chi connectivity index (χ0n) is 18.6. The van der Waals surface area contributed by atoms with Crippen LogP contribution in [-0.4, -0.2) is 175 Å². The molecule has 2 aliphatic heterocycles. The fraction of sp³-hybridized carbons (Fsp3) is 1.00. The molecule has 1 saturated carbocycles. The predicted molar refractivity (Wildman–Crippen MR) is 106 cm³/mol. The highest BCUT2D eigenvalue weighted by Gasteiger charge is 2.53. The quantitative estimate of drug-likeness (QED) is 0.149. The molecule has 206 valence electrons. The minimum absolute atomic E-state index is 0.613. The van der Waals surface area contributed by atoms with Crippen LogP contribution >= 0.6 is 0 Å². The molecule has 11 N–H and O–H groups in total.